The summed E-state index contributed by atoms with van der Waals surface area (Å²) in [4.78, 5) is 0. The lowest BCUT2D eigenvalue weighted by Crippen LogP contribution is -2.42. The Morgan fingerprint density at radius 1 is 1.12 bits per heavy atom. The molecule has 1 aromatic rings. The van der Waals surface area contributed by atoms with E-state index in [-0.39, 0.29) is 17.2 Å². The average molecular weight is 336 g/mol. The van der Waals surface area contributed by atoms with E-state index in [0.717, 1.165) is 25.0 Å². The molecule has 0 saturated carbocycles. The van der Waals surface area contributed by atoms with E-state index in [4.69, 9.17) is 5.73 Å². The molecule has 0 amide bonds. The van der Waals surface area contributed by atoms with Crippen LogP contribution in [0.1, 0.15) is 30.7 Å². The van der Waals surface area contributed by atoms with E-state index in [1.165, 1.54) is 6.07 Å². The van der Waals surface area contributed by atoms with Gasteiger partial charge in [0.2, 0.25) is 0 Å². The van der Waals surface area contributed by atoms with Crippen LogP contribution in [0.2, 0.25) is 0 Å². The Morgan fingerprint density at radius 3 is 2.44 bits per heavy atom. The molecule has 1 aromatic carbocycles. The van der Waals surface area contributed by atoms with Gasteiger partial charge in [0.1, 0.15) is 6.07 Å². The number of fused-ring (bicyclic) bond motifs is 1. The SMILES string of the molecule is N#CC1=C(N)C(C#N)(C#N)[C@@H](c2ccc(F)c(F)c2)[C@H]2CCCC=C12. The smallest absolute Gasteiger partial charge is 0.191 e. The zero-order valence-corrected chi connectivity index (χ0v) is 13.3. The summed E-state index contributed by atoms with van der Waals surface area (Å²) in [5.74, 6) is -3.13. The van der Waals surface area contributed by atoms with E-state index in [1.807, 2.05) is 24.3 Å². The quantitative estimate of drug-likeness (QED) is 0.848. The molecule has 2 atom stereocenters. The minimum absolute atomic E-state index is 0.112. The van der Waals surface area contributed by atoms with Crippen molar-refractivity contribution in [3.05, 3.63) is 58.3 Å². The van der Waals surface area contributed by atoms with Gasteiger partial charge in [0.15, 0.2) is 17.0 Å². The molecule has 6 heteroatoms. The lowest BCUT2D eigenvalue weighted by molar-refractivity contribution is 0.316. The summed E-state index contributed by atoms with van der Waals surface area (Å²) in [6.45, 7) is 0. The third-order valence-corrected chi connectivity index (χ3v) is 5.10. The molecule has 0 unspecified atom stereocenters. The van der Waals surface area contributed by atoms with Gasteiger partial charge in [-0.2, -0.15) is 15.8 Å². The topological polar surface area (TPSA) is 97.4 Å². The minimum Gasteiger partial charge on any atom is -0.399 e. The van der Waals surface area contributed by atoms with Gasteiger partial charge >= 0.3 is 0 Å². The van der Waals surface area contributed by atoms with Crippen LogP contribution in [0, 0.1) is 57.0 Å². The van der Waals surface area contributed by atoms with Gasteiger partial charge < -0.3 is 5.73 Å². The van der Waals surface area contributed by atoms with E-state index in [0.29, 0.717) is 17.6 Å². The number of halogens is 2. The van der Waals surface area contributed by atoms with Crippen molar-refractivity contribution in [1.29, 1.82) is 15.8 Å². The molecule has 3 rings (SSSR count). The highest BCUT2D eigenvalue weighted by Gasteiger charge is 2.53. The van der Waals surface area contributed by atoms with Crippen LogP contribution in [0.25, 0.3) is 0 Å². The molecular weight excluding hydrogens is 322 g/mol. The van der Waals surface area contributed by atoms with Crippen LogP contribution in [0.15, 0.2) is 41.1 Å². The minimum atomic E-state index is -1.80. The van der Waals surface area contributed by atoms with Gasteiger partial charge in [0.25, 0.3) is 0 Å². The lowest BCUT2D eigenvalue weighted by Gasteiger charge is -2.43. The van der Waals surface area contributed by atoms with E-state index in [1.54, 1.807) is 0 Å². The Bertz CT molecular complexity index is 910. The molecule has 0 aliphatic heterocycles. The molecule has 0 bridgehead atoms. The molecule has 0 aromatic heterocycles. The van der Waals surface area contributed by atoms with Crippen LogP contribution in [0.4, 0.5) is 8.78 Å². The molecule has 0 spiro atoms. The second kappa shape index (κ2) is 6.04. The fourth-order valence-corrected chi connectivity index (χ4v) is 3.96. The maximum atomic E-state index is 13.8. The van der Waals surface area contributed by atoms with Crippen molar-refractivity contribution in [1.82, 2.24) is 0 Å². The molecule has 25 heavy (non-hydrogen) atoms. The van der Waals surface area contributed by atoms with Crippen LogP contribution in [0.3, 0.4) is 0 Å². The van der Waals surface area contributed by atoms with Crippen molar-refractivity contribution in [3.63, 3.8) is 0 Å². The first-order chi connectivity index (χ1) is 12.0. The van der Waals surface area contributed by atoms with Gasteiger partial charge in [0.05, 0.1) is 23.4 Å². The van der Waals surface area contributed by atoms with Gasteiger partial charge in [-0.25, -0.2) is 8.78 Å². The van der Waals surface area contributed by atoms with Gasteiger partial charge in [-0.1, -0.05) is 12.1 Å². The Morgan fingerprint density at radius 2 is 1.84 bits per heavy atom. The van der Waals surface area contributed by atoms with Gasteiger partial charge in [-0.15, -0.1) is 0 Å². The van der Waals surface area contributed by atoms with Crippen molar-refractivity contribution in [2.45, 2.75) is 25.2 Å². The predicted octanol–water partition coefficient (Wildman–Crippen LogP) is 3.56. The summed E-state index contributed by atoms with van der Waals surface area (Å²) in [5.41, 5.74) is 5.38. The highest BCUT2D eigenvalue weighted by Crippen LogP contribution is 2.55. The van der Waals surface area contributed by atoms with E-state index in [9.17, 15) is 24.6 Å². The zero-order valence-electron chi connectivity index (χ0n) is 13.3. The Labute approximate surface area is 144 Å². The van der Waals surface area contributed by atoms with Gasteiger partial charge in [0, 0.05) is 5.92 Å². The lowest BCUT2D eigenvalue weighted by atomic mass is 9.57. The maximum absolute atomic E-state index is 13.8. The zero-order chi connectivity index (χ0) is 18.2. The van der Waals surface area contributed by atoms with Crippen LogP contribution < -0.4 is 5.73 Å². The Kier molecular flexibility index (Phi) is 4.03. The average Bonchev–Trinajstić information content (AvgIpc) is 2.63. The van der Waals surface area contributed by atoms with Gasteiger partial charge in [-0.05, 0) is 48.4 Å². The van der Waals surface area contributed by atoms with Crippen molar-refractivity contribution in [2.75, 3.05) is 0 Å². The van der Waals surface area contributed by atoms with Gasteiger partial charge in [-0.3, -0.25) is 0 Å². The van der Waals surface area contributed by atoms with Crippen molar-refractivity contribution in [3.8, 4) is 18.2 Å². The molecule has 2 N–H and O–H groups in total. The largest absolute Gasteiger partial charge is 0.399 e. The normalized spacial score (nSPS) is 24.4. The van der Waals surface area contributed by atoms with Crippen LogP contribution in [-0.2, 0) is 0 Å². The standard InChI is InChI=1S/C19H14F2N4/c20-15-6-5-11(7-16(15)21)17-13-4-2-1-3-12(13)14(8-22)18(25)19(17,9-23)10-24/h3,5-7,13,17H,1-2,4,25H2/t13-,17-/m0/s1. The maximum Gasteiger partial charge on any atom is 0.191 e. The predicted molar refractivity (Wildman–Crippen MR) is 85.0 cm³/mol. The molecular formula is C19H14F2N4. The number of hydrogen-bond acceptors (Lipinski definition) is 4. The molecule has 0 saturated heterocycles. The molecule has 2 aliphatic rings. The molecule has 2 aliphatic carbocycles. The first-order valence-corrected chi connectivity index (χ1v) is 7.88. The fourth-order valence-electron chi connectivity index (χ4n) is 3.96. The third kappa shape index (κ3) is 2.29. The van der Waals surface area contributed by atoms with Crippen LogP contribution >= 0.6 is 0 Å². The highest BCUT2D eigenvalue weighted by molar-refractivity contribution is 5.59. The summed E-state index contributed by atoms with van der Waals surface area (Å²) >= 11 is 0. The van der Waals surface area contributed by atoms with Crippen molar-refractivity contribution < 1.29 is 8.78 Å². The van der Waals surface area contributed by atoms with E-state index in [2.05, 4.69) is 0 Å². The number of nitriles is 3. The Hall–Kier alpha value is -3.17. The van der Waals surface area contributed by atoms with Crippen molar-refractivity contribution in [2.24, 2.45) is 17.1 Å². The number of hydrogen-bond donors (Lipinski definition) is 1. The number of rotatable bonds is 1. The molecule has 0 heterocycles. The first-order valence-electron chi connectivity index (χ1n) is 7.88. The summed E-state index contributed by atoms with van der Waals surface area (Å²) in [7, 11) is 0. The van der Waals surface area contributed by atoms with Crippen LogP contribution in [-0.4, -0.2) is 0 Å². The summed E-state index contributed by atoms with van der Waals surface area (Å²) in [5, 5.41) is 29.1. The molecule has 0 radical (unpaired) electrons. The summed E-state index contributed by atoms with van der Waals surface area (Å²) in [6.07, 6.45) is 4.12. The Balaban J connectivity index is 2.33. The molecule has 124 valence electrons. The second-order valence-corrected chi connectivity index (χ2v) is 6.28. The van der Waals surface area contributed by atoms with E-state index < -0.39 is 23.0 Å². The van der Waals surface area contributed by atoms with Crippen molar-refractivity contribution >= 4 is 0 Å². The monoisotopic (exact) mass is 336 g/mol. The number of benzene rings is 1. The third-order valence-electron chi connectivity index (χ3n) is 5.10. The summed E-state index contributed by atoms with van der Waals surface area (Å²) < 4.78 is 27.2. The first kappa shape index (κ1) is 16.7. The molecule has 0 fully saturated rings. The van der Waals surface area contributed by atoms with E-state index >= 15 is 0 Å². The summed E-state index contributed by atoms with van der Waals surface area (Å²) in [6, 6.07) is 9.31. The van der Waals surface area contributed by atoms with Crippen LogP contribution in [0.5, 0.6) is 0 Å². The number of nitrogens with zero attached hydrogens (tertiary/aromatic N) is 3. The second-order valence-electron chi connectivity index (χ2n) is 6.28. The fraction of sp³-hybridized carbons (Fsp3) is 0.316. The number of nitrogens with two attached hydrogens (primary N) is 1. The highest BCUT2D eigenvalue weighted by atomic mass is 19.2. The molecule has 4 nitrogen and oxygen atoms in total. The number of allylic oxidation sites excluding steroid dienone is 4.